The summed E-state index contributed by atoms with van der Waals surface area (Å²) in [5.41, 5.74) is 1.94. The van der Waals surface area contributed by atoms with E-state index in [-0.39, 0.29) is 12.5 Å². The first kappa shape index (κ1) is 20.8. The summed E-state index contributed by atoms with van der Waals surface area (Å²) < 4.78 is 5.76. The molecule has 1 aromatic carbocycles. The van der Waals surface area contributed by atoms with Gasteiger partial charge in [-0.2, -0.15) is 0 Å². The summed E-state index contributed by atoms with van der Waals surface area (Å²) in [7, 11) is 0. The molecule has 0 bridgehead atoms. The molecule has 6 heteroatoms. The summed E-state index contributed by atoms with van der Waals surface area (Å²) in [6.45, 7) is -0.0556. The van der Waals surface area contributed by atoms with E-state index in [1.165, 1.54) is 61.9 Å². The van der Waals surface area contributed by atoms with Gasteiger partial charge in [0, 0.05) is 16.5 Å². The molecule has 5 nitrogen and oxygen atoms in total. The molecule has 3 aromatic rings. The number of rotatable bonds is 4. The number of thiazole rings is 1. The second-order valence-electron chi connectivity index (χ2n) is 7.89. The van der Waals surface area contributed by atoms with Crippen molar-refractivity contribution in [2.24, 2.45) is 0 Å². The van der Waals surface area contributed by atoms with Crippen LogP contribution in [-0.2, 0) is 17.6 Å². The summed E-state index contributed by atoms with van der Waals surface area (Å²) >= 11 is 1.63. The topological polar surface area (TPSA) is 64.1 Å². The van der Waals surface area contributed by atoms with Crippen molar-refractivity contribution in [1.82, 2.24) is 9.97 Å². The van der Waals surface area contributed by atoms with Gasteiger partial charge in [-0.25, -0.2) is 4.98 Å². The largest absolute Gasteiger partial charge is 0.481 e. The molecule has 30 heavy (non-hydrogen) atoms. The zero-order valence-corrected chi connectivity index (χ0v) is 18.2. The molecule has 0 fully saturated rings. The lowest BCUT2D eigenvalue weighted by molar-refractivity contribution is -0.118. The summed E-state index contributed by atoms with van der Waals surface area (Å²) in [6, 6.07) is 9.60. The van der Waals surface area contributed by atoms with E-state index in [0.717, 1.165) is 23.7 Å². The Morgan fingerprint density at radius 2 is 1.70 bits per heavy atom. The molecule has 0 unspecified atom stereocenters. The second kappa shape index (κ2) is 10.5. The van der Waals surface area contributed by atoms with Crippen LogP contribution in [-0.4, -0.2) is 22.5 Å². The van der Waals surface area contributed by atoms with Gasteiger partial charge in [0.2, 0.25) is 0 Å². The van der Waals surface area contributed by atoms with E-state index in [2.05, 4.69) is 10.3 Å². The quantitative estimate of drug-likeness (QED) is 0.565. The Bertz CT molecular complexity index is 951. The Morgan fingerprint density at radius 1 is 0.967 bits per heavy atom. The first-order chi connectivity index (χ1) is 14.8. The first-order valence-corrected chi connectivity index (χ1v) is 11.9. The molecule has 158 valence electrons. The Balaban J connectivity index is 1.37. The highest BCUT2D eigenvalue weighted by atomic mass is 32.1. The SMILES string of the molecule is O=C(COc1cccc2cccnc12)Nc1nc2c(s1)CCCCCCCCCC2. The predicted octanol–water partition coefficient (Wildman–Crippen LogP) is 5.93. The van der Waals surface area contributed by atoms with Crippen molar-refractivity contribution in [1.29, 1.82) is 0 Å². The molecule has 2 aromatic heterocycles. The van der Waals surface area contributed by atoms with Crippen LogP contribution in [0, 0.1) is 0 Å². The van der Waals surface area contributed by atoms with Crippen LogP contribution in [0.25, 0.3) is 10.9 Å². The zero-order valence-electron chi connectivity index (χ0n) is 17.4. The number of pyridine rings is 1. The number of hydrogen-bond acceptors (Lipinski definition) is 5. The van der Waals surface area contributed by atoms with Crippen molar-refractivity contribution in [2.45, 2.75) is 64.2 Å². The maximum atomic E-state index is 12.5. The number of hydrogen-bond donors (Lipinski definition) is 1. The lowest BCUT2D eigenvalue weighted by Crippen LogP contribution is -2.20. The number of aryl methyl sites for hydroxylation is 2. The van der Waals surface area contributed by atoms with Crippen LogP contribution in [0.15, 0.2) is 36.5 Å². The minimum Gasteiger partial charge on any atom is -0.481 e. The highest BCUT2D eigenvalue weighted by Gasteiger charge is 2.14. The maximum absolute atomic E-state index is 12.5. The average Bonchev–Trinajstić information content (AvgIpc) is 3.13. The third kappa shape index (κ3) is 5.57. The minimum atomic E-state index is -0.187. The molecule has 0 saturated heterocycles. The second-order valence-corrected chi connectivity index (χ2v) is 8.97. The monoisotopic (exact) mass is 423 g/mol. The summed E-state index contributed by atoms with van der Waals surface area (Å²) in [4.78, 5) is 22.9. The van der Waals surface area contributed by atoms with Crippen molar-refractivity contribution in [3.63, 3.8) is 0 Å². The van der Waals surface area contributed by atoms with Gasteiger partial charge in [-0.15, -0.1) is 11.3 Å². The fourth-order valence-electron chi connectivity index (χ4n) is 3.96. The van der Waals surface area contributed by atoms with Crippen LogP contribution >= 0.6 is 11.3 Å². The van der Waals surface area contributed by atoms with Gasteiger partial charge in [0.05, 0.1) is 5.69 Å². The molecule has 1 amide bonds. The lowest BCUT2D eigenvalue weighted by atomic mass is 10.0. The molecule has 0 radical (unpaired) electrons. The van der Waals surface area contributed by atoms with E-state index in [1.54, 1.807) is 17.5 Å². The zero-order chi connectivity index (χ0) is 20.6. The third-order valence-electron chi connectivity index (χ3n) is 5.55. The number of benzene rings is 1. The molecule has 1 aliphatic carbocycles. The fraction of sp³-hybridized carbons (Fsp3) is 0.458. The van der Waals surface area contributed by atoms with Crippen LogP contribution in [0.4, 0.5) is 5.13 Å². The molecule has 4 rings (SSSR count). The van der Waals surface area contributed by atoms with Crippen LogP contribution in [0.3, 0.4) is 0 Å². The Kier molecular flexibility index (Phi) is 7.29. The van der Waals surface area contributed by atoms with E-state index in [9.17, 15) is 4.79 Å². The summed E-state index contributed by atoms with van der Waals surface area (Å²) in [5.74, 6) is 0.432. The van der Waals surface area contributed by atoms with E-state index in [1.807, 2.05) is 30.3 Å². The van der Waals surface area contributed by atoms with Gasteiger partial charge in [-0.1, -0.05) is 56.7 Å². The molecule has 2 heterocycles. The Hall–Kier alpha value is -2.47. The number of nitrogens with zero attached hydrogens (tertiary/aromatic N) is 2. The number of nitrogens with one attached hydrogen (secondary N) is 1. The van der Waals surface area contributed by atoms with E-state index in [0.29, 0.717) is 10.9 Å². The normalized spacial score (nSPS) is 15.6. The molecule has 1 aliphatic rings. The van der Waals surface area contributed by atoms with Crippen LogP contribution in [0.5, 0.6) is 5.75 Å². The van der Waals surface area contributed by atoms with Gasteiger partial charge in [0.15, 0.2) is 11.7 Å². The number of para-hydroxylation sites is 1. The van der Waals surface area contributed by atoms with Gasteiger partial charge < -0.3 is 4.74 Å². The van der Waals surface area contributed by atoms with Gasteiger partial charge in [0.1, 0.15) is 11.3 Å². The fourth-order valence-corrected chi connectivity index (χ4v) is 5.02. The number of aromatic nitrogens is 2. The van der Waals surface area contributed by atoms with Gasteiger partial charge in [0.25, 0.3) is 5.91 Å². The maximum Gasteiger partial charge on any atom is 0.264 e. The van der Waals surface area contributed by atoms with Crippen molar-refractivity contribution >= 4 is 33.3 Å². The van der Waals surface area contributed by atoms with Gasteiger partial charge in [-0.05, 0) is 37.8 Å². The Labute approximate surface area is 181 Å². The Morgan fingerprint density at radius 3 is 2.53 bits per heavy atom. The molecular formula is C24H29N3O2S. The van der Waals surface area contributed by atoms with Crippen molar-refractivity contribution in [2.75, 3.05) is 11.9 Å². The molecular weight excluding hydrogens is 394 g/mol. The van der Waals surface area contributed by atoms with Crippen molar-refractivity contribution < 1.29 is 9.53 Å². The third-order valence-corrected chi connectivity index (χ3v) is 6.62. The van der Waals surface area contributed by atoms with Crippen molar-refractivity contribution in [3.05, 3.63) is 47.1 Å². The number of fused-ring (bicyclic) bond motifs is 2. The average molecular weight is 424 g/mol. The van der Waals surface area contributed by atoms with Crippen molar-refractivity contribution in [3.8, 4) is 5.75 Å². The van der Waals surface area contributed by atoms with Crippen LogP contribution in [0.2, 0.25) is 0 Å². The highest BCUT2D eigenvalue weighted by Crippen LogP contribution is 2.28. The number of ether oxygens (including phenoxy) is 1. The van der Waals surface area contributed by atoms with Crippen LogP contribution < -0.4 is 10.1 Å². The number of carbonyl (C=O) groups is 1. The van der Waals surface area contributed by atoms with Crippen LogP contribution in [0.1, 0.15) is 61.9 Å². The molecule has 0 atom stereocenters. The minimum absolute atomic E-state index is 0.0556. The lowest BCUT2D eigenvalue weighted by Gasteiger charge is -2.08. The standard InChI is InChI=1S/C24H29N3O2S/c28-22(17-29-20-14-9-11-18-12-10-16-25-23(18)20)27-24-26-19-13-7-5-3-1-2-4-6-8-15-21(19)30-24/h9-12,14,16H,1-8,13,15,17H2,(H,26,27,28). The van der Waals surface area contributed by atoms with Gasteiger partial charge >= 0.3 is 0 Å². The van der Waals surface area contributed by atoms with Gasteiger partial charge in [-0.3, -0.25) is 15.1 Å². The molecule has 0 saturated carbocycles. The van der Waals surface area contributed by atoms with E-state index >= 15 is 0 Å². The highest BCUT2D eigenvalue weighted by molar-refractivity contribution is 7.15. The van der Waals surface area contributed by atoms with E-state index in [4.69, 9.17) is 9.72 Å². The first-order valence-electron chi connectivity index (χ1n) is 11.0. The number of anilines is 1. The molecule has 0 aliphatic heterocycles. The molecule has 0 spiro atoms. The molecule has 1 N–H and O–H groups in total. The predicted molar refractivity (Wildman–Crippen MR) is 122 cm³/mol. The smallest absolute Gasteiger partial charge is 0.264 e. The summed E-state index contributed by atoms with van der Waals surface area (Å²) in [5, 5.41) is 4.63. The number of amides is 1. The summed E-state index contributed by atoms with van der Waals surface area (Å²) in [6.07, 6.45) is 14.1. The number of carbonyl (C=O) groups excluding carboxylic acids is 1. The van der Waals surface area contributed by atoms with E-state index < -0.39 is 0 Å².